The topological polar surface area (TPSA) is 65.5 Å². The van der Waals surface area contributed by atoms with Gasteiger partial charge in [-0.3, -0.25) is 9.59 Å². The van der Waals surface area contributed by atoms with Crippen LogP contribution in [0.5, 0.6) is 0 Å². The second kappa shape index (κ2) is 9.69. The van der Waals surface area contributed by atoms with E-state index in [2.05, 4.69) is 9.71 Å². The van der Waals surface area contributed by atoms with E-state index in [0.717, 1.165) is 12.5 Å². The zero-order valence-corrected chi connectivity index (χ0v) is 17.9. The number of anilines is 1. The van der Waals surface area contributed by atoms with Crippen LogP contribution in [0.3, 0.4) is 0 Å². The molecule has 2 aromatic rings. The van der Waals surface area contributed by atoms with Crippen LogP contribution in [0.2, 0.25) is 0 Å². The van der Waals surface area contributed by atoms with Crippen molar-refractivity contribution >= 4 is 40.8 Å². The molecule has 0 saturated carbocycles. The van der Waals surface area contributed by atoms with Gasteiger partial charge in [0.25, 0.3) is 11.8 Å². The van der Waals surface area contributed by atoms with Crippen molar-refractivity contribution in [3.8, 4) is 0 Å². The van der Waals surface area contributed by atoms with Crippen molar-refractivity contribution < 1.29 is 22.8 Å². The quantitative estimate of drug-likeness (QED) is 0.519. The van der Waals surface area contributed by atoms with Crippen molar-refractivity contribution in [1.82, 2.24) is 14.8 Å². The Morgan fingerprint density at radius 1 is 1.17 bits per heavy atom. The number of aromatic nitrogens is 1. The van der Waals surface area contributed by atoms with Crippen molar-refractivity contribution in [2.45, 2.75) is 19.5 Å². The lowest BCUT2D eigenvalue weighted by atomic mass is 10.1. The lowest BCUT2D eigenvalue weighted by Crippen LogP contribution is -2.50. The minimum Gasteiger partial charge on any atom is -0.335 e. The molecule has 162 valence electrons. The molecule has 0 radical (unpaired) electrons. The zero-order chi connectivity index (χ0) is 21.7. The number of amides is 2. The summed E-state index contributed by atoms with van der Waals surface area (Å²) < 4.78 is 43.2. The fraction of sp³-hybridized carbons (Fsp3) is 0.421. The minimum atomic E-state index is -4.58. The molecule has 2 amide bonds. The van der Waals surface area contributed by atoms with Crippen LogP contribution in [0.4, 0.5) is 18.9 Å². The van der Waals surface area contributed by atoms with E-state index in [1.54, 1.807) is 15.8 Å². The van der Waals surface area contributed by atoms with Gasteiger partial charge in [-0.25, -0.2) is 4.98 Å². The first-order valence-electron chi connectivity index (χ1n) is 9.37. The summed E-state index contributed by atoms with van der Waals surface area (Å²) in [6.07, 6.45) is -3.75. The van der Waals surface area contributed by atoms with Gasteiger partial charge in [-0.1, -0.05) is 18.9 Å². The van der Waals surface area contributed by atoms with Gasteiger partial charge < -0.3 is 14.5 Å². The van der Waals surface area contributed by atoms with Crippen molar-refractivity contribution in [3.05, 3.63) is 45.9 Å². The number of hydrogen-bond acceptors (Lipinski definition) is 6. The summed E-state index contributed by atoms with van der Waals surface area (Å²) in [6.45, 7) is 3.05. The summed E-state index contributed by atoms with van der Waals surface area (Å²) in [5, 5.41) is 1.66. The molecule has 0 spiro atoms. The Hall–Kier alpha value is -2.27. The largest absolute Gasteiger partial charge is 0.418 e. The highest BCUT2D eigenvalue weighted by molar-refractivity contribution is 8.00. The highest BCUT2D eigenvalue weighted by Crippen LogP contribution is 2.36. The second-order valence-corrected chi connectivity index (χ2v) is 8.29. The number of nitrogens with zero attached hydrogens (tertiary/aromatic N) is 3. The van der Waals surface area contributed by atoms with Gasteiger partial charge in [-0.2, -0.15) is 13.2 Å². The maximum atomic E-state index is 13.5. The Morgan fingerprint density at radius 3 is 2.40 bits per heavy atom. The van der Waals surface area contributed by atoms with Crippen LogP contribution in [0.15, 0.2) is 29.1 Å². The lowest BCUT2D eigenvalue weighted by Gasteiger charge is -2.34. The van der Waals surface area contributed by atoms with Gasteiger partial charge in [0.15, 0.2) is 0 Å². The van der Waals surface area contributed by atoms with Gasteiger partial charge in [0.1, 0.15) is 5.69 Å². The minimum absolute atomic E-state index is 0.0207. The van der Waals surface area contributed by atoms with Crippen molar-refractivity contribution in [3.63, 3.8) is 0 Å². The molecule has 30 heavy (non-hydrogen) atoms. The summed E-state index contributed by atoms with van der Waals surface area (Å²) in [5.41, 5.74) is 0.988. The highest BCUT2D eigenvalue weighted by Gasteiger charge is 2.35. The Morgan fingerprint density at radius 2 is 1.83 bits per heavy atom. The molecule has 0 bridgehead atoms. The summed E-state index contributed by atoms with van der Waals surface area (Å²) in [6, 6.07) is 3.59. The highest BCUT2D eigenvalue weighted by atomic mass is 32.2. The van der Waals surface area contributed by atoms with Gasteiger partial charge in [0, 0.05) is 42.9 Å². The van der Waals surface area contributed by atoms with Crippen molar-refractivity contribution in [2.75, 3.05) is 36.7 Å². The lowest BCUT2D eigenvalue weighted by molar-refractivity contribution is -0.136. The van der Waals surface area contributed by atoms with Gasteiger partial charge in [0.2, 0.25) is 0 Å². The average molecular weight is 459 g/mol. The second-order valence-electron chi connectivity index (χ2n) is 6.67. The van der Waals surface area contributed by atoms with E-state index in [-0.39, 0.29) is 30.2 Å². The molecule has 1 fully saturated rings. The first-order chi connectivity index (χ1) is 14.3. The molecule has 6 nitrogen and oxygen atoms in total. The molecule has 0 aliphatic carbocycles. The predicted octanol–water partition coefficient (Wildman–Crippen LogP) is 4.23. The van der Waals surface area contributed by atoms with E-state index < -0.39 is 17.6 Å². The number of halogens is 3. The molecule has 3 rings (SSSR count). The standard InChI is InChI=1S/C19H21F3N4O2S2/c1-2-9-30-24-15-4-3-13(10-14(15)19(20,21)22)17(27)25-5-7-26(8-6-25)18(28)16-11-29-12-23-16/h3-4,10-12,24H,2,5-9H2,1H3. The number of benzene rings is 1. The number of carbonyl (C=O) groups is 2. The predicted molar refractivity (Wildman–Crippen MR) is 112 cm³/mol. The molecule has 0 unspecified atom stereocenters. The SMILES string of the molecule is CCCSNc1ccc(C(=O)N2CCN(C(=O)c3cscn3)CC2)cc1C(F)(F)F. The van der Waals surface area contributed by atoms with Gasteiger partial charge in [0.05, 0.1) is 16.8 Å². The zero-order valence-electron chi connectivity index (χ0n) is 16.2. The van der Waals surface area contributed by atoms with E-state index >= 15 is 0 Å². The Balaban J connectivity index is 1.68. The maximum Gasteiger partial charge on any atom is 0.418 e. The Kier molecular flexibility index (Phi) is 7.24. The first-order valence-corrected chi connectivity index (χ1v) is 11.3. The van der Waals surface area contributed by atoms with Crippen molar-refractivity contribution in [1.29, 1.82) is 0 Å². The van der Waals surface area contributed by atoms with E-state index in [1.807, 2.05) is 6.92 Å². The first kappa shape index (κ1) is 22.4. The molecule has 2 heterocycles. The number of piperazine rings is 1. The molecule has 11 heteroatoms. The number of carbonyl (C=O) groups excluding carboxylic acids is 2. The van der Waals surface area contributed by atoms with E-state index in [1.165, 1.54) is 40.3 Å². The number of alkyl halides is 3. The van der Waals surface area contributed by atoms with Crippen LogP contribution in [0.1, 0.15) is 39.8 Å². The molecule has 0 atom stereocenters. The van der Waals surface area contributed by atoms with Crippen LogP contribution in [-0.4, -0.2) is 58.5 Å². The van der Waals surface area contributed by atoms with E-state index in [9.17, 15) is 22.8 Å². The molecular formula is C19H21F3N4O2S2. The van der Waals surface area contributed by atoms with Gasteiger partial charge in [-0.05, 0) is 24.6 Å². The number of thiazole rings is 1. The summed E-state index contributed by atoms with van der Waals surface area (Å²) in [4.78, 5) is 32.2. The third-order valence-corrected chi connectivity index (χ3v) is 6.13. The smallest absolute Gasteiger partial charge is 0.335 e. The fourth-order valence-corrected chi connectivity index (χ4v) is 4.17. The third kappa shape index (κ3) is 5.25. The van der Waals surface area contributed by atoms with Crippen LogP contribution < -0.4 is 4.72 Å². The summed E-state index contributed by atoms with van der Waals surface area (Å²) >= 11 is 2.52. The number of hydrogen-bond donors (Lipinski definition) is 1. The molecule has 1 aliphatic heterocycles. The third-order valence-electron chi connectivity index (χ3n) is 4.57. The van der Waals surface area contributed by atoms with Crippen LogP contribution >= 0.6 is 23.3 Å². The Bertz CT molecular complexity index is 882. The van der Waals surface area contributed by atoms with Crippen LogP contribution in [0.25, 0.3) is 0 Å². The van der Waals surface area contributed by atoms with Crippen LogP contribution in [-0.2, 0) is 6.18 Å². The molecular weight excluding hydrogens is 437 g/mol. The molecule has 1 aliphatic rings. The summed E-state index contributed by atoms with van der Waals surface area (Å²) in [5.74, 6) is -0.0151. The molecule has 1 aromatic carbocycles. The monoisotopic (exact) mass is 458 g/mol. The Labute approximate surface area is 180 Å². The van der Waals surface area contributed by atoms with Crippen molar-refractivity contribution in [2.24, 2.45) is 0 Å². The van der Waals surface area contributed by atoms with Crippen LogP contribution in [0, 0.1) is 0 Å². The molecule has 1 aromatic heterocycles. The average Bonchev–Trinajstić information content (AvgIpc) is 3.27. The maximum absolute atomic E-state index is 13.5. The number of nitrogens with one attached hydrogen (secondary N) is 1. The molecule has 1 saturated heterocycles. The van der Waals surface area contributed by atoms with Gasteiger partial charge >= 0.3 is 6.18 Å². The molecule has 1 N–H and O–H groups in total. The number of rotatable bonds is 6. The van der Waals surface area contributed by atoms with E-state index in [0.29, 0.717) is 24.5 Å². The van der Waals surface area contributed by atoms with Gasteiger partial charge in [-0.15, -0.1) is 11.3 Å². The summed E-state index contributed by atoms with van der Waals surface area (Å²) in [7, 11) is 0. The normalized spacial score (nSPS) is 14.7. The van der Waals surface area contributed by atoms with E-state index in [4.69, 9.17) is 0 Å². The fourth-order valence-electron chi connectivity index (χ4n) is 3.01.